The molecule has 0 aromatic rings. The van der Waals surface area contributed by atoms with Gasteiger partial charge in [0.25, 0.3) is 0 Å². The van der Waals surface area contributed by atoms with Crippen LogP contribution in [-0.2, 0) is 0 Å². The zero-order valence-corrected chi connectivity index (χ0v) is 13.1. The molecule has 1 heteroatoms. The highest BCUT2D eigenvalue weighted by molar-refractivity contribution is 4.80. The summed E-state index contributed by atoms with van der Waals surface area (Å²) in [5.41, 5.74) is 0. The monoisotopic (exact) mass is 265 g/mol. The summed E-state index contributed by atoms with van der Waals surface area (Å²) in [5, 5.41) is 3.88. The van der Waals surface area contributed by atoms with Gasteiger partial charge in [0, 0.05) is 6.04 Å². The molecule has 2 aliphatic rings. The highest BCUT2D eigenvalue weighted by Crippen LogP contribution is 2.32. The summed E-state index contributed by atoms with van der Waals surface area (Å²) in [7, 11) is 0. The molecule has 2 saturated carbocycles. The van der Waals surface area contributed by atoms with E-state index in [2.05, 4.69) is 12.2 Å². The zero-order chi connectivity index (χ0) is 13.3. The fourth-order valence-corrected chi connectivity index (χ4v) is 4.26. The van der Waals surface area contributed by atoms with Crippen molar-refractivity contribution in [2.24, 2.45) is 11.8 Å². The lowest BCUT2D eigenvalue weighted by atomic mass is 9.79. The van der Waals surface area contributed by atoms with Crippen molar-refractivity contribution < 1.29 is 0 Å². The Morgan fingerprint density at radius 3 is 2.16 bits per heavy atom. The summed E-state index contributed by atoms with van der Waals surface area (Å²) in [6.07, 6.45) is 19.2. The van der Waals surface area contributed by atoms with E-state index in [1.807, 2.05) is 0 Å². The Hall–Kier alpha value is -0.0400. The lowest BCUT2D eigenvalue weighted by molar-refractivity contribution is 0.233. The van der Waals surface area contributed by atoms with Gasteiger partial charge in [0.2, 0.25) is 0 Å². The minimum Gasteiger partial charge on any atom is -0.314 e. The van der Waals surface area contributed by atoms with E-state index in [-0.39, 0.29) is 0 Å². The molecular formula is C18H35N. The molecule has 0 aliphatic heterocycles. The first-order chi connectivity index (χ1) is 9.40. The Bertz CT molecular complexity index is 214. The van der Waals surface area contributed by atoms with Gasteiger partial charge in [-0.25, -0.2) is 0 Å². The molecule has 0 spiro atoms. The summed E-state index contributed by atoms with van der Waals surface area (Å²) in [4.78, 5) is 0. The number of rotatable bonds is 7. The van der Waals surface area contributed by atoms with Gasteiger partial charge >= 0.3 is 0 Å². The lowest BCUT2D eigenvalue weighted by Crippen LogP contribution is -2.38. The molecule has 0 heterocycles. The van der Waals surface area contributed by atoms with Gasteiger partial charge in [-0.3, -0.25) is 0 Å². The maximum Gasteiger partial charge on any atom is 0.00954 e. The van der Waals surface area contributed by atoms with E-state index in [0.717, 1.165) is 17.9 Å². The second-order valence-corrected chi connectivity index (χ2v) is 7.04. The molecular weight excluding hydrogens is 230 g/mol. The molecule has 2 fully saturated rings. The van der Waals surface area contributed by atoms with Crippen LogP contribution in [0.3, 0.4) is 0 Å². The van der Waals surface area contributed by atoms with Gasteiger partial charge in [-0.1, -0.05) is 58.3 Å². The Kier molecular flexibility index (Phi) is 7.27. The van der Waals surface area contributed by atoms with Crippen LogP contribution in [0.25, 0.3) is 0 Å². The van der Waals surface area contributed by atoms with Crippen LogP contribution in [0.2, 0.25) is 0 Å². The highest BCUT2D eigenvalue weighted by Gasteiger charge is 2.24. The fourth-order valence-electron chi connectivity index (χ4n) is 4.26. The molecule has 0 aromatic heterocycles. The van der Waals surface area contributed by atoms with Crippen molar-refractivity contribution in [1.82, 2.24) is 5.32 Å². The van der Waals surface area contributed by atoms with E-state index in [4.69, 9.17) is 0 Å². The molecule has 0 amide bonds. The molecule has 2 aliphatic carbocycles. The van der Waals surface area contributed by atoms with Crippen LogP contribution in [0.1, 0.15) is 90.4 Å². The van der Waals surface area contributed by atoms with E-state index >= 15 is 0 Å². The molecule has 112 valence electrons. The van der Waals surface area contributed by atoms with E-state index < -0.39 is 0 Å². The van der Waals surface area contributed by atoms with Crippen molar-refractivity contribution in [3.8, 4) is 0 Å². The fraction of sp³-hybridized carbons (Fsp3) is 1.00. The minimum absolute atomic E-state index is 0.835. The summed E-state index contributed by atoms with van der Waals surface area (Å²) in [6, 6.07) is 0.835. The Morgan fingerprint density at radius 2 is 1.53 bits per heavy atom. The second kappa shape index (κ2) is 9.00. The zero-order valence-electron chi connectivity index (χ0n) is 13.1. The van der Waals surface area contributed by atoms with Gasteiger partial charge in [-0.15, -0.1) is 0 Å². The van der Waals surface area contributed by atoms with E-state index in [1.54, 1.807) is 0 Å². The van der Waals surface area contributed by atoms with Crippen LogP contribution in [0.4, 0.5) is 0 Å². The summed E-state index contributed by atoms with van der Waals surface area (Å²) >= 11 is 0. The molecule has 0 saturated heterocycles. The van der Waals surface area contributed by atoms with E-state index in [0.29, 0.717) is 0 Å². The number of hydrogen-bond donors (Lipinski definition) is 1. The van der Waals surface area contributed by atoms with Crippen LogP contribution in [-0.4, -0.2) is 12.6 Å². The maximum atomic E-state index is 3.88. The molecule has 2 rings (SSSR count). The summed E-state index contributed by atoms with van der Waals surface area (Å²) < 4.78 is 0. The van der Waals surface area contributed by atoms with Crippen LogP contribution in [0.5, 0.6) is 0 Å². The Balaban J connectivity index is 1.74. The van der Waals surface area contributed by atoms with Gasteiger partial charge in [0.1, 0.15) is 0 Å². The van der Waals surface area contributed by atoms with Crippen molar-refractivity contribution in [3.63, 3.8) is 0 Å². The average Bonchev–Trinajstić information content (AvgIpc) is 2.49. The molecule has 0 aromatic carbocycles. The first-order valence-electron chi connectivity index (χ1n) is 9.13. The molecule has 0 bridgehead atoms. The van der Waals surface area contributed by atoms with Crippen LogP contribution in [0, 0.1) is 11.8 Å². The van der Waals surface area contributed by atoms with E-state index in [1.165, 1.54) is 90.0 Å². The average molecular weight is 265 g/mol. The van der Waals surface area contributed by atoms with Crippen molar-refractivity contribution in [2.45, 2.75) is 96.4 Å². The topological polar surface area (TPSA) is 12.0 Å². The van der Waals surface area contributed by atoms with Crippen molar-refractivity contribution in [3.05, 3.63) is 0 Å². The molecule has 19 heavy (non-hydrogen) atoms. The predicted octanol–water partition coefficient (Wildman–Crippen LogP) is 5.30. The van der Waals surface area contributed by atoms with Crippen molar-refractivity contribution >= 4 is 0 Å². The maximum absolute atomic E-state index is 3.88. The number of nitrogens with one attached hydrogen (secondary N) is 1. The van der Waals surface area contributed by atoms with Crippen LogP contribution < -0.4 is 5.32 Å². The normalized spacial score (nSPS) is 24.5. The van der Waals surface area contributed by atoms with E-state index in [9.17, 15) is 0 Å². The molecule has 1 unspecified atom stereocenters. The molecule has 1 nitrogen and oxygen atoms in total. The van der Waals surface area contributed by atoms with Crippen LogP contribution >= 0.6 is 0 Å². The van der Waals surface area contributed by atoms with Gasteiger partial charge in [-0.05, 0) is 50.5 Å². The molecule has 1 N–H and O–H groups in total. The van der Waals surface area contributed by atoms with Gasteiger partial charge in [0.15, 0.2) is 0 Å². The Morgan fingerprint density at radius 1 is 0.895 bits per heavy atom. The minimum atomic E-state index is 0.835. The van der Waals surface area contributed by atoms with Crippen molar-refractivity contribution in [2.75, 3.05) is 6.54 Å². The lowest BCUT2D eigenvalue weighted by Gasteiger charge is -2.32. The quantitative estimate of drug-likeness (QED) is 0.659. The van der Waals surface area contributed by atoms with Crippen molar-refractivity contribution in [1.29, 1.82) is 0 Å². The highest BCUT2D eigenvalue weighted by atomic mass is 14.9. The largest absolute Gasteiger partial charge is 0.314 e. The SMILES string of the molecule is CCCNC(CCC1CCCCC1)C1CCCCC1. The van der Waals surface area contributed by atoms with Gasteiger partial charge < -0.3 is 5.32 Å². The third-order valence-corrected chi connectivity index (χ3v) is 5.49. The smallest absolute Gasteiger partial charge is 0.00954 e. The van der Waals surface area contributed by atoms with Gasteiger partial charge in [0.05, 0.1) is 0 Å². The second-order valence-electron chi connectivity index (χ2n) is 7.04. The summed E-state index contributed by atoms with van der Waals surface area (Å²) in [6.45, 7) is 3.53. The number of hydrogen-bond acceptors (Lipinski definition) is 1. The standard InChI is InChI=1S/C18H35N/c1-2-15-19-18(17-11-7-4-8-12-17)14-13-16-9-5-3-6-10-16/h16-19H,2-15H2,1H3. The Labute approximate surface area is 120 Å². The summed E-state index contributed by atoms with van der Waals surface area (Å²) in [5.74, 6) is 2.05. The first-order valence-corrected chi connectivity index (χ1v) is 9.13. The molecule has 1 atom stereocenters. The third-order valence-electron chi connectivity index (χ3n) is 5.49. The molecule has 0 radical (unpaired) electrons. The van der Waals surface area contributed by atoms with Gasteiger partial charge in [-0.2, -0.15) is 0 Å². The predicted molar refractivity (Wildman–Crippen MR) is 84.5 cm³/mol. The first kappa shape index (κ1) is 15.4. The van der Waals surface area contributed by atoms with Crippen LogP contribution in [0.15, 0.2) is 0 Å². The third kappa shape index (κ3) is 5.45.